The van der Waals surface area contributed by atoms with Crippen LogP contribution in [0.1, 0.15) is 26.2 Å². The molecule has 1 N–H and O–H groups in total. The third kappa shape index (κ3) is 6.24. The number of carbonyl (C=O) groups excluding carboxylic acids is 2. The summed E-state index contributed by atoms with van der Waals surface area (Å²) in [5.41, 5.74) is 1.84. The Morgan fingerprint density at radius 1 is 0.966 bits per heavy atom. The standard InChI is InChI=1S/C23H29N3O3/c1-2-3-9-23(28)26-16-14-25(15-17-26)20-12-10-19(11-13-20)24-22(27)18-29-21-7-5-4-6-8-21/h4-8,10-13H,2-3,9,14-18H2,1H3,(H,24,27). The molecule has 0 spiro atoms. The molecule has 2 aromatic carbocycles. The van der Waals surface area contributed by atoms with Gasteiger partial charge >= 0.3 is 0 Å². The molecule has 0 bridgehead atoms. The molecule has 154 valence electrons. The maximum absolute atomic E-state index is 12.1. The molecule has 0 unspecified atom stereocenters. The van der Waals surface area contributed by atoms with Crippen LogP contribution in [-0.2, 0) is 9.59 Å². The van der Waals surface area contributed by atoms with E-state index in [1.165, 1.54) is 0 Å². The third-order valence-electron chi connectivity index (χ3n) is 5.01. The van der Waals surface area contributed by atoms with E-state index in [4.69, 9.17) is 4.74 Å². The molecule has 1 aliphatic heterocycles. The third-order valence-corrected chi connectivity index (χ3v) is 5.01. The molecule has 2 aromatic rings. The molecule has 1 saturated heterocycles. The van der Waals surface area contributed by atoms with Crippen LogP contribution in [-0.4, -0.2) is 49.5 Å². The molecule has 0 radical (unpaired) electrons. The zero-order valence-corrected chi connectivity index (χ0v) is 17.0. The zero-order valence-electron chi connectivity index (χ0n) is 17.0. The van der Waals surface area contributed by atoms with Crippen LogP contribution in [0.25, 0.3) is 0 Å². The molecule has 2 amide bonds. The Labute approximate surface area is 172 Å². The lowest BCUT2D eigenvalue weighted by Crippen LogP contribution is -2.48. The van der Waals surface area contributed by atoms with Gasteiger partial charge in [0.1, 0.15) is 5.75 Å². The smallest absolute Gasteiger partial charge is 0.262 e. The van der Waals surface area contributed by atoms with Gasteiger partial charge in [-0.1, -0.05) is 31.5 Å². The van der Waals surface area contributed by atoms with E-state index < -0.39 is 0 Å². The Kier molecular flexibility index (Phi) is 7.50. The van der Waals surface area contributed by atoms with E-state index in [1.807, 2.05) is 59.5 Å². The molecule has 0 saturated carbocycles. The highest BCUT2D eigenvalue weighted by Crippen LogP contribution is 2.20. The average molecular weight is 396 g/mol. The molecule has 1 fully saturated rings. The van der Waals surface area contributed by atoms with Gasteiger partial charge in [-0.2, -0.15) is 0 Å². The number of para-hydroxylation sites is 1. The fraction of sp³-hybridized carbons (Fsp3) is 0.391. The van der Waals surface area contributed by atoms with E-state index in [0.717, 1.165) is 50.4 Å². The van der Waals surface area contributed by atoms with E-state index in [-0.39, 0.29) is 18.4 Å². The van der Waals surface area contributed by atoms with Crippen LogP contribution in [0.15, 0.2) is 54.6 Å². The van der Waals surface area contributed by atoms with Crippen molar-refractivity contribution in [3.05, 3.63) is 54.6 Å². The van der Waals surface area contributed by atoms with E-state index in [9.17, 15) is 9.59 Å². The first-order chi connectivity index (χ1) is 14.2. The number of carbonyl (C=O) groups is 2. The number of nitrogens with one attached hydrogen (secondary N) is 1. The summed E-state index contributed by atoms with van der Waals surface area (Å²) in [5, 5.41) is 2.85. The summed E-state index contributed by atoms with van der Waals surface area (Å²) in [6, 6.07) is 17.1. The van der Waals surface area contributed by atoms with Gasteiger partial charge in [-0.15, -0.1) is 0 Å². The van der Waals surface area contributed by atoms with Gasteiger partial charge in [0.25, 0.3) is 5.91 Å². The van der Waals surface area contributed by atoms with Crippen molar-refractivity contribution in [1.29, 1.82) is 0 Å². The summed E-state index contributed by atoms with van der Waals surface area (Å²) in [4.78, 5) is 28.4. The van der Waals surface area contributed by atoms with Crippen molar-refractivity contribution in [2.75, 3.05) is 43.0 Å². The lowest BCUT2D eigenvalue weighted by Gasteiger charge is -2.36. The number of rotatable bonds is 8. The van der Waals surface area contributed by atoms with Crippen LogP contribution in [0.3, 0.4) is 0 Å². The van der Waals surface area contributed by atoms with E-state index in [2.05, 4.69) is 17.1 Å². The molecule has 6 nitrogen and oxygen atoms in total. The number of hydrogen-bond acceptors (Lipinski definition) is 4. The van der Waals surface area contributed by atoms with Crippen LogP contribution in [0.2, 0.25) is 0 Å². The zero-order chi connectivity index (χ0) is 20.5. The second-order valence-corrected chi connectivity index (χ2v) is 7.17. The van der Waals surface area contributed by atoms with Crippen molar-refractivity contribution in [1.82, 2.24) is 4.90 Å². The van der Waals surface area contributed by atoms with Crippen molar-refractivity contribution in [3.63, 3.8) is 0 Å². The second-order valence-electron chi connectivity index (χ2n) is 7.17. The number of piperazine rings is 1. The van der Waals surface area contributed by atoms with Crippen molar-refractivity contribution < 1.29 is 14.3 Å². The van der Waals surface area contributed by atoms with Crippen molar-refractivity contribution in [3.8, 4) is 5.75 Å². The summed E-state index contributed by atoms with van der Waals surface area (Å²) < 4.78 is 5.46. The monoisotopic (exact) mass is 395 g/mol. The highest BCUT2D eigenvalue weighted by molar-refractivity contribution is 5.92. The van der Waals surface area contributed by atoms with Gasteiger partial charge in [-0.25, -0.2) is 0 Å². The lowest BCUT2D eigenvalue weighted by molar-refractivity contribution is -0.131. The molecule has 0 aliphatic carbocycles. The molecule has 1 aliphatic rings. The van der Waals surface area contributed by atoms with Gasteiger partial charge in [-0.3, -0.25) is 9.59 Å². The number of nitrogens with zero attached hydrogens (tertiary/aromatic N) is 2. The Hall–Kier alpha value is -3.02. The first-order valence-electron chi connectivity index (χ1n) is 10.3. The molecular weight excluding hydrogens is 366 g/mol. The van der Waals surface area contributed by atoms with Crippen LogP contribution in [0.4, 0.5) is 11.4 Å². The van der Waals surface area contributed by atoms with Gasteiger partial charge in [0.05, 0.1) is 0 Å². The maximum Gasteiger partial charge on any atom is 0.262 e. The minimum atomic E-state index is -0.194. The molecule has 0 atom stereocenters. The predicted molar refractivity (Wildman–Crippen MR) is 115 cm³/mol. The predicted octanol–water partition coefficient (Wildman–Crippen LogP) is 3.54. The number of amides is 2. The number of anilines is 2. The topological polar surface area (TPSA) is 61.9 Å². The Balaban J connectivity index is 1.44. The Bertz CT molecular complexity index is 785. The van der Waals surface area contributed by atoms with E-state index >= 15 is 0 Å². The minimum Gasteiger partial charge on any atom is -0.484 e. The highest BCUT2D eigenvalue weighted by atomic mass is 16.5. The van der Waals surface area contributed by atoms with E-state index in [1.54, 1.807) is 0 Å². The van der Waals surface area contributed by atoms with Gasteiger partial charge in [0, 0.05) is 44.0 Å². The van der Waals surface area contributed by atoms with Crippen molar-refractivity contribution in [2.24, 2.45) is 0 Å². The second kappa shape index (κ2) is 10.5. The van der Waals surface area contributed by atoms with Crippen LogP contribution in [0.5, 0.6) is 5.75 Å². The fourth-order valence-corrected chi connectivity index (χ4v) is 3.32. The molecule has 0 aromatic heterocycles. The average Bonchev–Trinajstić information content (AvgIpc) is 2.77. The molecule has 1 heterocycles. The maximum atomic E-state index is 12.1. The Morgan fingerprint density at radius 2 is 1.66 bits per heavy atom. The molecular formula is C23H29N3O3. The van der Waals surface area contributed by atoms with Crippen molar-refractivity contribution >= 4 is 23.2 Å². The quantitative estimate of drug-likeness (QED) is 0.743. The number of unbranched alkanes of at least 4 members (excludes halogenated alkanes) is 1. The first-order valence-corrected chi connectivity index (χ1v) is 10.3. The van der Waals surface area contributed by atoms with Crippen LogP contribution >= 0.6 is 0 Å². The largest absolute Gasteiger partial charge is 0.484 e. The van der Waals surface area contributed by atoms with Gasteiger partial charge in [-0.05, 0) is 42.8 Å². The lowest BCUT2D eigenvalue weighted by atomic mass is 10.2. The van der Waals surface area contributed by atoms with Crippen molar-refractivity contribution in [2.45, 2.75) is 26.2 Å². The SMILES string of the molecule is CCCCC(=O)N1CCN(c2ccc(NC(=O)COc3ccccc3)cc2)CC1. The number of benzene rings is 2. The summed E-state index contributed by atoms with van der Waals surface area (Å²) in [5.74, 6) is 0.744. The van der Waals surface area contributed by atoms with E-state index in [0.29, 0.717) is 12.2 Å². The molecule has 6 heteroatoms. The van der Waals surface area contributed by atoms with Gasteiger partial charge < -0.3 is 19.9 Å². The minimum absolute atomic E-state index is 0.0280. The van der Waals surface area contributed by atoms with Crippen LogP contribution in [0, 0.1) is 0 Å². The first kappa shape index (κ1) is 20.7. The number of ether oxygens (including phenoxy) is 1. The normalized spacial score (nSPS) is 13.8. The highest BCUT2D eigenvalue weighted by Gasteiger charge is 2.20. The fourth-order valence-electron chi connectivity index (χ4n) is 3.32. The molecule has 3 rings (SSSR count). The van der Waals surface area contributed by atoms with Crippen LogP contribution < -0.4 is 15.0 Å². The summed E-state index contributed by atoms with van der Waals surface area (Å²) in [6.07, 6.45) is 2.66. The van der Waals surface area contributed by atoms with Gasteiger partial charge in [0.15, 0.2) is 6.61 Å². The summed E-state index contributed by atoms with van der Waals surface area (Å²) >= 11 is 0. The summed E-state index contributed by atoms with van der Waals surface area (Å²) in [7, 11) is 0. The number of hydrogen-bond donors (Lipinski definition) is 1. The molecule has 29 heavy (non-hydrogen) atoms. The van der Waals surface area contributed by atoms with Gasteiger partial charge in [0.2, 0.25) is 5.91 Å². The summed E-state index contributed by atoms with van der Waals surface area (Å²) in [6.45, 7) is 5.26. The Morgan fingerprint density at radius 3 is 2.31 bits per heavy atom.